The van der Waals surface area contributed by atoms with Crippen molar-refractivity contribution in [3.63, 3.8) is 0 Å². The normalized spacial score (nSPS) is 12.1. The van der Waals surface area contributed by atoms with Gasteiger partial charge in [-0.15, -0.1) is 5.10 Å². The number of hydrazone groups is 1. The van der Waals surface area contributed by atoms with Crippen LogP contribution in [0.15, 0.2) is 64.1 Å². The Morgan fingerprint density at radius 1 is 1.00 bits per heavy atom. The fourth-order valence-corrected chi connectivity index (χ4v) is 1.24. The van der Waals surface area contributed by atoms with Gasteiger partial charge in [-0.1, -0.05) is 12.1 Å². The molecule has 2 aromatic rings. The molecule has 0 unspecified atom stereocenters. The van der Waals surface area contributed by atoms with E-state index in [0.29, 0.717) is 11.4 Å². The van der Waals surface area contributed by atoms with Crippen LogP contribution in [0.25, 0.3) is 0 Å². The largest absolute Gasteiger partial charge is 0.367 e. The van der Waals surface area contributed by atoms with Gasteiger partial charge in [-0.05, 0) is 24.3 Å². The summed E-state index contributed by atoms with van der Waals surface area (Å²) in [6.45, 7) is 0. The third kappa shape index (κ3) is 4.65. The molecule has 2 heterocycles. The molecule has 0 saturated heterocycles. The van der Waals surface area contributed by atoms with Gasteiger partial charge in [-0.2, -0.15) is 10.2 Å². The maximum Gasteiger partial charge on any atom is 0.234 e. The number of pyridine rings is 2. The summed E-state index contributed by atoms with van der Waals surface area (Å²) in [6.07, 6.45) is 6.38. The SMILES string of the molecule is N/C(=N\N=Cc1ccccn1)N/N=C/c1ccccn1. The lowest BCUT2D eigenvalue weighted by Crippen LogP contribution is -2.26. The molecule has 0 bridgehead atoms. The van der Waals surface area contributed by atoms with Crippen LogP contribution in [0.5, 0.6) is 0 Å². The predicted octanol–water partition coefficient (Wildman–Crippen LogP) is 0.749. The second-order valence-electron chi connectivity index (χ2n) is 3.61. The van der Waals surface area contributed by atoms with Gasteiger partial charge in [-0.3, -0.25) is 9.97 Å². The average molecular weight is 267 g/mol. The summed E-state index contributed by atoms with van der Waals surface area (Å²) in [5.74, 6) is 0.0735. The smallest absolute Gasteiger partial charge is 0.234 e. The lowest BCUT2D eigenvalue weighted by molar-refractivity contribution is 0.991. The molecule has 100 valence electrons. The minimum Gasteiger partial charge on any atom is -0.367 e. The van der Waals surface area contributed by atoms with Crippen LogP contribution >= 0.6 is 0 Å². The Bertz CT molecular complexity index is 605. The topological polar surface area (TPSA) is 101 Å². The van der Waals surface area contributed by atoms with Crippen LogP contribution in [0.1, 0.15) is 11.4 Å². The number of hydrogen-bond acceptors (Lipinski definition) is 5. The van der Waals surface area contributed by atoms with E-state index in [1.54, 1.807) is 12.4 Å². The summed E-state index contributed by atoms with van der Waals surface area (Å²) < 4.78 is 0. The van der Waals surface area contributed by atoms with Gasteiger partial charge in [0.05, 0.1) is 23.8 Å². The zero-order chi connectivity index (χ0) is 14.0. The maximum absolute atomic E-state index is 5.57. The fraction of sp³-hybridized carbons (Fsp3) is 0. The Labute approximate surface area is 116 Å². The van der Waals surface area contributed by atoms with Gasteiger partial charge >= 0.3 is 0 Å². The highest BCUT2D eigenvalue weighted by molar-refractivity contribution is 5.82. The molecule has 0 saturated carbocycles. The van der Waals surface area contributed by atoms with Crippen molar-refractivity contribution in [1.82, 2.24) is 15.4 Å². The van der Waals surface area contributed by atoms with E-state index in [-0.39, 0.29) is 5.96 Å². The molecule has 2 rings (SSSR count). The summed E-state index contributed by atoms with van der Waals surface area (Å²) in [7, 11) is 0. The van der Waals surface area contributed by atoms with Crippen molar-refractivity contribution in [2.24, 2.45) is 21.0 Å². The maximum atomic E-state index is 5.57. The first kappa shape index (κ1) is 13.3. The molecule has 0 aliphatic carbocycles. The van der Waals surface area contributed by atoms with E-state index in [9.17, 15) is 0 Å². The van der Waals surface area contributed by atoms with Gasteiger partial charge in [0, 0.05) is 12.4 Å². The van der Waals surface area contributed by atoms with E-state index in [1.165, 1.54) is 12.4 Å². The van der Waals surface area contributed by atoms with E-state index >= 15 is 0 Å². The van der Waals surface area contributed by atoms with Crippen LogP contribution in [0, 0.1) is 0 Å². The Morgan fingerprint density at radius 2 is 1.65 bits per heavy atom. The van der Waals surface area contributed by atoms with Crippen LogP contribution < -0.4 is 11.2 Å². The van der Waals surface area contributed by atoms with Crippen LogP contribution in [-0.4, -0.2) is 28.4 Å². The average Bonchev–Trinajstić information content (AvgIpc) is 2.49. The van der Waals surface area contributed by atoms with E-state index in [4.69, 9.17) is 5.73 Å². The first-order valence-corrected chi connectivity index (χ1v) is 5.82. The first-order chi connectivity index (χ1) is 9.84. The molecule has 0 aromatic carbocycles. The molecule has 7 nitrogen and oxygen atoms in total. The van der Waals surface area contributed by atoms with Gasteiger partial charge in [0.25, 0.3) is 0 Å². The van der Waals surface area contributed by atoms with Crippen LogP contribution in [0.2, 0.25) is 0 Å². The van der Waals surface area contributed by atoms with E-state index in [1.807, 2.05) is 36.4 Å². The third-order valence-corrected chi connectivity index (χ3v) is 2.11. The number of nitrogens with zero attached hydrogens (tertiary/aromatic N) is 5. The van der Waals surface area contributed by atoms with Crippen LogP contribution in [0.4, 0.5) is 0 Å². The Morgan fingerprint density at radius 3 is 2.25 bits per heavy atom. The second kappa shape index (κ2) is 7.37. The van der Waals surface area contributed by atoms with Crippen molar-refractivity contribution in [2.75, 3.05) is 0 Å². The highest BCUT2D eigenvalue weighted by Crippen LogP contribution is 1.89. The summed E-state index contributed by atoms with van der Waals surface area (Å²) in [4.78, 5) is 8.13. The molecule has 0 radical (unpaired) electrons. The summed E-state index contributed by atoms with van der Waals surface area (Å²) >= 11 is 0. The lowest BCUT2D eigenvalue weighted by Gasteiger charge is -1.95. The van der Waals surface area contributed by atoms with E-state index < -0.39 is 0 Å². The summed E-state index contributed by atoms with van der Waals surface area (Å²) in [5.41, 5.74) is 9.52. The molecule has 3 N–H and O–H groups in total. The molecule has 0 aliphatic heterocycles. The van der Waals surface area contributed by atoms with Crippen molar-refractivity contribution < 1.29 is 0 Å². The molecular formula is C13H13N7. The molecular weight excluding hydrogens is 254 g/mol. The zero-order valence-electron chi connectivity index (χ0n) is 10.6. The summed E-state index contributed by atoms with van der Waals surface area (Å²) in [5, 5.41) is 11.4. The minimum atomic E-state index is 0.0735. The number of aromatic nitrogens is 2. The number of nitrogens with two attached hydrogens (primary N) is 1. The molecule has 20 heavy (non-hydrogen) atoms. The predicted molar refractivity (Wildman–Crippen MR) is 78.4 cm³/mol. The standard InChI is InChI=1S/C13H13N7/c14-13(19-17-9-11-5-1-3-7-15-11)20-18-10-12-6-2-4-8-16-12/h1-10H,(H3,14,19,20)/b17-9+,18-10?. The molecule has 0 aliphatic rings. The van der Waals surface area contributed by atoms with Crippen molar-refractivity contribution in [1.29, 1.82) is 0 Å². The Balaban J connectivity index is 1.86. The van der Waals surface area contributed by atoms with Crippen molar-refractivity contribution in [2.45, 2.75) is 0 Å². The molecule has 0 fully saturated rings. The van der Waals surface area contributed by atoms with E-state index in [0.717, 1.165) is 0 Å². The minimum absolute atomic E-state index is 0.0735. The Kier molecular flexibility index (Phi) is 4.92. The van der Waals surface area contributed by atoms with Gasteiger partial charge in [0.2, 0.25) is 5.96 Å². The number of guanidine groups is 1. The van der Waals surface area contributed by atoms with Gasteiger partial charge in [-0.25, -0.2) is 5.43 Å². The second-order valence-corrected chi connectivity index (χ2v) is 3.61. The van der Waals surface area contributed by atoms with E-state index in [2.05, 4.69) is 30.7 Å². The highest BCUT2D eigenvalue weighted by Gasteiger charge is 1.88. The number of rotatable bonds is 4. The molecule has 0 atom stereocenters. The number of nitrogens with one attached hydrogen (secondary N) is 1. The monoisotopic (exact) mass is 267 g/mol. The van der Waals surface area contributed by atoms with Gasteiger partial charge in [0.1, 0.15) is 0 Å². The Hall–Kier alpha value is -3.09. The van der Waals surface area contributed by atoms with Crippen molar-refractivity contribution in [3.8, 4) is 0 Å². The molecule has 0 amide bonds. The number of hydrogen-bond donors (Lipinski definition) is 2. The van der Waals surface area contributed by atoms with Crippen LogP contribution in [0.3, 0.4) is 0 Å². The van der Waals surface area contributed by atoms with Crippen LogP contribution in [-0.2, 0) is 0 Å². The van der Waals surface area contributed by atoms with Crippen molar-refractivity contribution >= 4 is 18.4 Å². The first-order valence-electron chi connectivity index (χ1n) is 5.82. The lowest BCUT2D eigenvalue weighted by atomic mass is 10.4. The van der Waals surface area contributed by atoms with Gasteiger partial charge < -0.3 is 5.73 Å². The fourth-order valence-electron chi connectivity index (χ4n) is 1.24. The molecule has 0 spiro atoms. The summed E-state index contributed by atoms with van der Waals surface area (Å²) in [6, 6.07) is 11.0. The van der Waals surface area contributed by atoms with Crippen molar-refractivity contribution in [3.05, 3.63) is 60.2 Å². The highest BCUT2D eigenvalue weighted by atomic mass is 15.4. The van der Waals surface area contributed by atoms with Gasteiger partial charge in [0.15, 0.2) is 0 Å². The zero-order valence-corrected chi connectivity index (χ0v) is 10.6. The quantitative estimate of drug-likeness (QED) is 0.485. The third-order valence-electron chi connectivity index (χ3n) is 2.11. The molecule has 7 heteroatoms. The molecule has 2 aromatic heterocycles.